The lowest BCUT2D eigenvalue weighted by Gasteiger charge is -2.09. The summed E-state index contributed by atoms with van der Waals surface area (Å²) in [4.78, 5) is 8.59. The van der Waals surface area contributed by atoms with Crippen molar-refractivity contribution < 1.29 is 13.9 Å². The molecule has 0 radical (unpaired) electrons. The number of alkyl halides is 1. The van der Waals surface area contributed by atoms with E-state index >= 15 is 0 Å². The second-order valence-electron chi connectivity index (χ2n) is 5.39. The van der Waals surface area contributed by atoms with Crippen molar-refractivity contribution in [3.63, 3.8) is 0 Å². The Kier molecular flexibility index (Phi) is 6.94. The Hall–Kier alpha value is -2.01. The molecule has 5 heteroatoms. The maximum absolute atomic E-state index is 12.9. The van der Waals surface area contributed by atoms with Gasteiger partial charge in [0.25, 0.3) is 0 Å². The van der Waals surface area contributed by atoms with Crippen LogP contribution in [0.4, 0.5) is 4.39 Å². The van der Waals surface area contributed by atoms with E-state index in [1.807, 2.05) is 38.1 Å². The van der Waals surface area contributed by atoms with Gasteiger partial charge in [0.15, 0.2) is 5.82 Å². The van der Waals surface area contributed by atoms with Crippen LogP contribution in [0.25, 0.3) is 11.4 Å². The first-order valence-corrected chi connectivity index (χ1v) is 7.92. The molecule has 0 fully saturated rings. The number of ether oxygens (including phenoxy) is 2. The summed E-state index contributed by atoms with van der Waals surface area (Å²) in [6.07, 6.45) is 3.96. The molecule has 0 spiro atoms. The molecule has 2 aromatic rings. The lowest BCUT2D eigenvalue weighted by Crippen LogP contribution is -2.11. The smallest absolute Gasteiger partial charge is 0.159 e. The normalized spacial score (nSPS) is 12.1. The highest BCUT2D eigenvalue weighted by Gasteiger charge is 2.03. The predicted molar refractivity (Wildman–Crippen MR) is 88.3 cm³/mol. The van der Waals surface area contributed by atoms with Gasteiger partial charge in [0.2, 0.25) is 0 Å². The Morgan fingerprint density at radius 3 is 2.43 bits per heavy atom. The minimum Gasteiger partial charge on any atom is -0.494 e. The van der Waals surface area contributed by atoms with E-state index in [-0.39, 0.29) is 6.61 Å². The van der Waals surface area contributed by atoms with E-state index in [9.17, 15) is 4.39 Å². The van der Waals surface area contributed by atoms with E-state index in [2.05, 4.69) is 9.97 Å². The number of aromatic nitrogens is 2. The first kappa shape index (κ1) is 17.3. The highest BCUT2D eigenvalue weighted by molar-refractivity contribution is 5.55. The number of aryl methyl sites for hydroxylation is 1. The summed E-state index contributed by atoms with van der Waals surface area (Å²) < 4.78 is 23.8. The molecule has 0 bridgehead atoms. The van der Waals surface area contributed by atoms with Gasteiger partial charge >= 0.3 is 0 Å². The van der Waals surface area contributed by atoms with Gasteiger partial charge in [-0.25, -0.2) is 14.4 Å². The molecule has 4 nitrogen and oxygen atoms in total. The molecule has 0 saturated heterocycles. The highest BCUT2D eigenvalue weighted by atomic mass is 19.1. The van der Waals surface area contributed by atoms with Crippen LogP contribution in [-0.2, 0) is 4.74 Å². The lowest BCUT2D eigenvalue weighted by molar-refractivity contribution is 0.0712. The van der Waals surface area contributed by atoms with Crippen LogP contribution in [0.5, 0.6) is 5.75 Å². The van der Waals surface area contributed by atoms with Crippen LogP contribution in [0.1, 0.15) is 25.3 Å². The van der Waals surface area contributed by atoms with Crippen LogP contribution in [0, 0.1) is 6.92 Å². The molecule has 0 aliphatic heterocycles. The summed E-state index contributed by atoms with van der Waals surface area (Å²) in [6.45, 7) is 4.99. The molecule has 2 rings (SSSR count). The van der Waals surface area contributed by atoms with Crippen molar-refractivity contribution in [1.29, 1.82) is 0 Å². The quantitative estimate of drug-likeness (QED) is 0.656. The van der Waals surface area contributed by atoms with E-state index in [0.29, 0.717) is 25.5 Å². The summed E-state index contributed by atoms with van der Waals surface area (Å²) in [5, 5.41) is 0. The fourth-order valence-electron chi connectivity index (χ4n) is 1.92. The third-order valence-corrected chi connectivity index (χ3v) is 3.34. The topological polar surface area (TPSA) is 44.2 Å². The number of rotatable bonds is 9. The summed E-state index contributed by atoms with van der Waals surface area (Å²) in [5.41, 5.74) is 1.99. The Labute approximate surface area is 136 Å². The van der Waals surface area contributed by atoms with Gasteiger partial charge in [-0.1, -0.05) is 6.92 Å². The number of halogens is 1. The largest absolute Gasteiger partial charge is 0.494 e. The van der Waals surface area contributed by atoms with Crippen molar-refractivity contribution >= 4 is 0 Å². The molecule has 1 atom stereocenters. The molecule has 1 heterocycles. The molecule has 23 heavy (non-hydrogen) atoms. The van der Waals surface area contributed by atoms with Crippen LogP contribution in [-0.4, -0.2) is 36.0 Å². The van der Waals surface area contributed by atoms with Gasteiger partial charge in [0.1, 0.15) is 11.9 Å². The van der Waals surface area contributed by atoms with E-state index < -0.39 is 6.17 Å². The van der Waals surface area contributed by atoms with E-state index in [1.54, 1.807) is 12.4 Å². The number of benzene rings is 1. The van der Waals surface area contributed by atoms with Gasteiger partial charge in [-0.2, -0.15) is 0 Å². The second kappa shape index (κ2) is 9.20. The minimum absolute atomic E-state index is 0.168. The second-order valence-corrected chi connectivity index (χ2v) is 5.39. The van der Waals surface area contributed by atoms with Gasteiger partial charge in [-0.05, 0) is 43.2 Å². The predicted octanol–water partition coefficient (Wildman–Crippen LogP) is 3.99. The minimum atomic E-state index is -0.868. The molecule has 0 saturated carbocycles. The van der Waals surface area contributed by atoms with Crippen LogP contribution in [0.15, 0.2) is 36.7 Å². The van der Waals surface area contributed by atoms with Gasteiger partial charge in [0.05, 0.1) is 13.2 Å². The Balaban J connectivity index is 1.72. The van der Waals surface area contributed by atoms with Crippen molar-refractivity contribution in [2.24, 2.45) is 0 Å². The van der Waals surface area contributed by atoms with E-state index in [4.69, 9.17) is 9.47 Å². The molecular weight excluding hydrogens is 295 g/mol. The molecular formula is C18H23FN2O2. The third kappa shape index (κ3) is 5.94. The summed E-state index contributed by atoms with van der Waals surface area (Å²) in [6, 6.07) is 7.67. The van der Waals surface area contributed by atoms with Crippen LogP contribution in [0.2, 0.25) is 0 Å². The SMILES string of the molecule is CCC(F)COCCCOc1ccc(-c2ncc(C)cn2)cc1. The van der Waals surface area contributed by atoms with Gasteiger partial charge in [0, 0.05) is 31.0 Å². The van der Waals surface area contributed by atoms with Crippen molar-refractivity contribution in [3.8, 4) is 17.1 Å². The maximum atomic E-state index is 12.9. The maximum Gasteiger partial charge on any atom is 0.159 e. The molecule has 124 valence electrons. The molecule has 0 aliphatic rings. The molecule has 0 aliphatic carbocycles. The summed E-state index contributed by atoms with van der Waals surface area (Å²) >= 11 is 0. The van der Waals surface area contributed by atoms with Gasteiger partial charge < -0.3 is 9.47 Å². The molecule has 1 aromatic carbocycles. The zero-order chi connectivity index (χ0) is 16.5. The van der Waals surface area contributed by atoms with Crippen LogP contribution in [0.3, 0.4) is 0 Å². The Morgan fingerprint density at radius 2 is 1.78 bits per heavy atom. The zero-order valence-corrected chi connectivity index (χ0v) is 13.7. The number of hydrogen-bond acceptors (Lipinski definition) is 4. The number of nitrogens with zero attached hydrogens (tertiary/aromatic N) is 2. The first-order valence-electron chi connectivity index (χ1n) is 7.92. The third-order valence-electron chi connectivity index (χ3n) is 3.34. The fraction of sp³-hybridized carbons (Fsp3) is 0.444. The Bertz CT molecular complexity index is 573. The van der Waals surface area contributed by atoms with E-state index in [1.165, 1.54) is 0 Å². The summed E-state index contributed by atoms with van der Waals surface area (Å²) in [5.74, 6) is 1.49. The average Bonchev–Trinajstić information content (AvgIpc) is 2.59. The van der Waals surface area contributed by atoms with Crippen molar-refractivity contribution in [2.75, 3.05) is 19.8 Å². The lowest BCUT2D eigenvalue weighted by atomic mass is 10.2. The van der Waals surface area contributed by atoms with Gasteiger partial charge in [-0.15, -0.1) is 0 Å². The standard InChI is InChI=1S/C18H23FN2O2/c1-3-16(19)13-22-9-4-10-23-17-7-5-15(6-8-17)18-20-11-14(2)12-21-18/h5-8,11-12,16H,3-4,9-10,13H2,1-2H3. The monoisotopic (exact) mass is 318 g/mol. The number of hydrogen-bond donors (Lipinski definition) is 0. The van der Waals surface area contributed by atoms with Crippen LogP contribution < -0.4 is 4.74 Å². The molecule has 1 unspecified atom stereocenters. The molecule has 0 N–H and O–H groups in total. The van der Waals surface area contributed by atoms with Crippen molar-refractivity contribution in [2.45, 2.75) is 32.9 Å². The van der Waals surface area contributed by atoms with Crippen LogP contribution >= 0.6 is 0 Å². The highest BCUT2D eigenvalue weighted by Crippen LogP contribution is 2.19. The first-order chi connectivity index (χ1) is 11.2. The fourth-order valence-corrected chi connectivity index (χ4v) is 1.92. The Morgan fingerprint density at radius 1 is 1.09 bits per heavy atom. The summed E-state index contributed by atoms with van der Waals surface area (Å²) in [7, 11) is 0. The zero-order valence-electron chi connectivity index (χ0n) is 13.7. The average molecular weight is 318 g/mol. The molecule has 0 amide bonds. The van der Waals surface area contributed by atoms with Gasteiger partial charge in [-0.3, -0.25) is 0 Å². The van der Waals surface area contributed by atoms with E-state index in [0.717, 1.165) is 23.3 Å². The van der Waals surface area contributed by atoms with Crippen molar-refractivity contribution in [1.82, 2.24) is 9.97 Å². The van der Waals surface area contributed by atoms with Crippen molar-refractivity contribution in [3.05, 3.63) is 42.2 Å². The molecule has 1 aromatic heterocycles.